The lowest BCUT2D eigenvalue weighted by atomic mass is 10.0. The van der Waals surface area contributed by atoms with Crippen LogP contribution in [0.3, 0.4) is 0 Å². The summed E-state index contributed by atoms with van der Waals surface area (Å²) in [6.07, 6.45) is 2.17. The third-order valence-corrected chi connectivity index (χ3v) is 4.21. The number of carbonyl (C=O) groups is 3. The molecule has 0 radical (unpaired) electrons. The van der Waals surface area contributed by atoms with Gasteiger partial charge in [0.05, 0.1) is 11.6 Å². The van der Waals surface area contributed by atoms with Crippen LogP contribution in [0.2, 0.25) is 0 Å². The van der Waals surface area contributed by atoms with Crippen LogP contribution in [-0.4, -0.2) is 63.5 Å². The van der Waals surface area contributed by atoms with Gasteiger partial charge in [-0.15, -0.1) is 11.8 Å². The quantitative estimate of drug-likeness (QED) is 0.781. The summed E-state index contributed by atoms with van der Waals surface area (Å²) >= 11 is 1.48. The molecule has 2 rings (SSSR count). The summed E-state index contributed by atoms with van der Waals surface area (Å²) in [6.45, 7) is 0.487. The Balaban J connectivity index is 1.97. The maximum absolute atomic E-state index is 12.1. The van der Waals surface area contributed by atoms with Crippen molar-refractivity contribution in [2.24, 2.45) is 0 Å². The van der Waals surface area contributed by atoms with E-state index in [4.69, 9.17) is 5.11 Å². The second-order valence-electron chi connectivity index (χ2n) is 4.51. The maximum Gasteiger partial charge on any atom is 0.326 e. The molecule has 2 aliphatic heterocycles. The summed E-state index contributed by atoms with van der Waals surface area (Å²) in [4.78, 5) is 37.5. The van der Waals surface area contributed by atoms with E-state index in [1.54, 1.807) is 0 Å². The van der Waals surface area contributed by atoms with Gasteiger partial charge in [-0.2, -0.15) is 0 Å². The molecule has 100 valence electrons. The topological polar surface area (TPSA) is 77.9 Å². The summed E-state index contributed by atoms with van der Waals surface area (Å²) in [5.41, 5.74) is 0. The van der Waals surface area contributed by atoms with Crippen LogP contribution >= 0.6 is 11.8 Å². The van der Waals surface area contributed by atoms with Gasteiger partial charge in [-0.3, -0.25) is 9.59 Å². The number of rotatable bonds is 3. The smallest absolute Gasteiger partial charge is 0.326 e. The summed E-state index contributed by atoms with van der Waals surface area (Å²) < 4.78 is 0. The lowest BCUT2D eigenvalue weighted by Gasteiger charge is -2.33. The SMILES string of the molecule is O=C(O)[C@H]1CCCCN1C(=O)CN1CSCC1=O. The fourth-order valence-electron chi connectivity index (χ4n) is 2.28. The van der Waals surface area contributed by atoms with Crippen LogP contribution in [0.5, 0.6) is 0 Å². The van der Waals surface area contributed by atoms with Gasteiger partial charge in [0.1, 0.15) is 12.6 Å². The monoisotopic (exact) mass is 272 g/mol. The molecule has 2 saturated heterocycles. The second-order valence-corrected chi connectivity index (χ2v) is 5.46. The third-order valence-electron chi connectivity index (χ3n) is 3.26. The summed E-state index contributed by atoms with van der Waals surface area (Å²) in [6, 6.07) is -0.725. The van der Waals surface area contributed by atoms with Crippen molar-refractivity contribution in [1.82, 2.24) is 9.80 Å². The summed E-state index contributed by atoms with van der Waals surface area (Å²) in [5, 5.41) is 9.09. The Bertz CT molecular complexity index is 374. The predicted molar refractivity (Wildman–Crippen MR) is 66.0 cm³/mol. The first-order chi connectivity index (χ1) is 8.59. The number of likely N-dealkylation sites (tertiary alicyclic amines) is 1. The molecular weight excluding hydrogens is 256 g/mol. The highest BCUT2D eigenvalue weighted by Crippen LogP contribution is 2.19. The third kappa shape index (κ3) is 2.77. The Morgan fingerprint density at radius 3 is 2.78 bits per heavy atom. The number of carboxylic acid groups (broad SMARTS) is 1. The van der Waals surface area contributed by atoms with Gasteiger partial charge >= 0.3 is 5.97 Å². The lowest BCUT2D eigenvalue weighted by Crippen LogP contribution is -2.51. The lowest BCUT2D eigenvalue weighted by molar-refractivity contribution is -0.153. The molecule has 0 aromatic heterocycles. The van der Waals surface area contributed by atoms with Gasteiger partial charge in [0, 0.05) is 6.54 Å². The molecule has 0 bridgehead atoms. The molecule has 18 heavy (non-hydrogen) atoms. The van der Waals surface area contributed by atoms with Crippen LogP contribution in [0.25, 0.3) is 0 Å². The molecular formula is C11H16N2O4S. The minimum absolute atomic E-state index is 0.00954. The van der Waals surface area contributed by atoms with Crippen LogP contribution in [-0.2, 0) is 14.4 Å². The summed E-state index contributed by atoms with van der Waals surface area (Å²) in [5.74, 6) is -0.313. The van der Waals surface area contributed by atoms with Crippen molar-refractivity contribution in [3.63, 3.8) is 0 Å². The Kier molecular flexibility index (Phi) is 4.11. The van der Waals surface area contributed by atoms with Crippen LogP contribution in [0.4, 0.5) is 0 Å². The van der Waals surface area contributed by atoms with Gasteiger partial charge < -0.3 is 14.9 Å². The van der Waals surface area contributed by atoms with Crippen LogP contribution < -0.4 is 0 Å². The standard InChI is InChI=1S/C11H16N2O4S/c14-9(5-12-7-18-6-10(12)15)13-4-2-1-3-8(13)11(16)17/h8H,1-7H2,(H,16,17)/t8-/m1/s1. The van der Waals surface area contributed by atoms with E-state index in [9.17, 15) is 14.4 Å². The fraction of sp³-hybridized carbons (Fsp3) is 0.727. The van der Waals surface area contributed by atoms with Crippen LogP contribution in [0.15, 0.2) is 0 Å². The number of nitrogens with zero attached hydrogens (tertiary/aromatic N) is 2. The van der Waals surface area contributed by atoms with E-state index in [2.05, 4.69) is 0 Å². The molecule has 0 saturated carbocycles. The largest absolute Gasteiger partial charge is 0.480 e. The van der Waals surface area contributed by atoms with E-state index in [0.717, 1.165) is 12.8 Å². The van der Waals surface area contributed by atoms with Gasteiger partial charge in [-0.25, -0.2) is 4.79 Å². The number of carbonyl (C=O) groups excluding carboxylic acids is 2. The Labute approximate surface area is 109 Å². The van der Waals surface area contributed by atoms with Gasteiger partial charge in [-0.05, 0) is 19.3 Å². The second kappa shape index (κ2) is 5.60. The molecule has 1 atom stereocenters. The van der Waals surface area contributed by atoms with E-state index in [-0.39, 0.29) is 18.4 Å². The maximum atomic E-state index is 12.1. The van der Waals surface area contributed by atoms with Gasteiger partial charge in [0.25, 0.3) is 0 Å². The Hall–Kier alpha value is -1.24. The van der Waals surface area contributed by atoms with Crippen molar-refractivity contribution in [2.45, 2.75) is 25.3 Å². The number of hydrogen-bond donors (Lipinski definition) is 1. The predicted octanol–water partition coefficient (Wildman–Crippen LogP) is -0.0150. The van der Waals surface area contributed by atoms with Gasteiger partial charge in [0.2, 0.25) is 11.8 Å². The molecule has 6 nitrogen and oxygen atoms in total. The molecule has 0 aliphatic carbocycles. The van der Waals surface area contributed by atoms with Crippen molar-refractivity contribution in [2.75, 3.05) is 24.7 Å². The van der Waals surface area contributed by atoms with Crippen molar-refractivity contribution in [1.29, 1.82) is 0 Å². The van der Waals surface area contributed by atoms with E-state index < -0.39 is 12.0 Å². The molecule has 2 amide bonds. The number of piperidine rings is 1. The number of aliphatic carboxylic acids is 1. The van der Waals surface area contributed by atoms with Crippen molar-refractivity contribution < 1.29 is 19.5 Å². The summed E-state index contributed by atoms with van der Waals surface area (Å²) in [7, 11) is 0. The average Bonchev–Trinajstić information content (AvgIpc) is 2.75. The highest BCUT2D eigenvalue weighted by atomic mass is 32.2. The van der Waals surface area contributed by atoms with E-state index in [1.807, 2.05) is 0 Å². The number of hydrogen-bond acceptors (Lipinski definition) is 4. The minimum atomic E-state index is -0.954. The Morgan fingerprint density at radius 2 is 2.17 bits per heavy atom. The zero-order chi connectivity index (χ0) is 13.1. The first-order valence-electron chi connectivity index (χ1n) is 5.97. The van der Waals surface area contributed by atoms with E-state index in [1.165, 1.54) is 21.6 Å². The minimum Gasteiger partial charge on any atom is -0.480 e. The van der Waals surface area contributed by atoms with Crippen LogP contribution in [0.1, 0.15) is 19.3 Å². The van der Waals surface area contributed by atoms with Crippen molar-refractivity contribution in [3.8, 4) is 0 Å². The number of thioether (sulfide) groups is 1. The van der Waals surface area contributed by atoms with Gasteiger partial charge in [-0.1, -0.05) is 0 Å². The molecule has 2 aliphatic rings. The van der Waals surface area contributed by atoms with Crippen molar-refractivity contribution >= 4 is 29.5 Å². The van der Waals surface area contributed by atoms with E-state index >= 15 is 0 Å². The normalized spacial score (nSPS) is 24.4. The molecule has 0 aromatic rings. The highest BCUT2D eigenvalue weighted by Gasteiger charge is 2.33. The fourth-order valence-corrected chi connectivity index (χ4v) is 3.19. The van der Waals surface area contributed by atoms with Crippen molar-refractivity contribution in [3.05, 3.63) is 0 Å². The Morgan fingerprint density at radius 1 is 1.39 bits per heavy atom. The van der Waals surface area contributed by atoms with Gasteiger partial charge in [0.15, 0.2) is 0 Å². The molecule has 2 fully saturated rings. The zero-order valence-corrected chi connectivity index (χ0v) is 10.8. The highest BCUT2D eigenvalue weighted by molar-refractivity contribution is 8.00. The first kappa shape index (κ1) is 13.2. The molecule has 1 N–H and O–H groups in total. The van der Waals surface area contributed by atoms with Crippen LogP contribution in [0, 0.1) is 0 Å². The average molecular weight is 272 g/mol. The number of carboxylic acids is 1. The van der Waals surface area contributed by atoms with E-state index in [0.29, 0.717) is 24.6 Å². The molecule has 0 aromatic carbocycles. The molecule has 0 unspecified atom stereocenters. The molecule has 0 spiro atoms. The first-order valence-corrected chi connectivity index (χ1v) is 7.13. The number of amides is 2. The zero-order valence-electron chi connectivity index (χ0n) is 10.0. The molecule has 2 heterocycles. The molecule has 7 heteroatoms.